The highest BCUT2D eigenvalue weighted by molar-refractivity contribution is 5.83. The van der Waals surface area contributed by atoms with Gasteiger partial charge in [0.2, 0.25) is 0 Å². The van der Waals surface area contributed by atoms with E-state index in [2.05, 4.69) is 0 Å². The highest BCUT2D eigenvalue weighted by Gasteiger charge is 2.11. The fraction of sp³-hybridized carbons (Fsp3) is 0.133. The van der Waals surface area contributed by atoms with Crippen molar-refractivity contribution < 1.29 is 13.9 Å². The third-order valence-corrected chi connectivity index (χ3v) is 2.81. The number of aldehydes is 1. The van der Waals surface area contributed by atoms with Crippen LogP contribution >= 0.6 is 0 Å². The predicted octanol–water partition coefficient (Wildman–Crippen LogP) is 3.62. The van der Waals surface area contributed by atoms with Gasteiger partial charge in [-0.2, -0.15) is 0 Å². The molecule has 0 aliphatic carbocycles. The first-order valence-corrected chi connectivity index (χ1v) is 5.55. The lowest BCUT2D eigenvalue weighted by Crippen LogP contribution is -1.94. The van der Waals surface area contributed by atoms with Crippen molar-refractivity contribution in [3.8, 4) is 16.9 Å². The summed E-state index contributed by atoms with van der Waals surface area (Å²) in [6.07, 6.45) is 0.663. The summed E-state index contributed by atoms with van der Waals surface area (Å²) in [4.78, 5) is 10.9. The van der Waals surface area contributed by atoms with E-state index in [0.29, 0.717) is 17.4 Å². The van der Waals surface area contributed by atoms with E-state index in [1.54, 1.807) is 0 Å². The number of halogens is 1. The molecule has 0 bridgehead atoms. The summed E-state index contributed by atoms with van der Waals surface area (Å²) in [6, 6.07) is 10.2. The number of methoxy groups -OCH3 is 1. The van der Waals surface area contributed by atoms with Crippen LogP contribution in [-0.4, -0.2) is 13.4 Å². The molecule has 0 aromatic heterocycles. The van der Waals surface area contributed by atoms with Crippen LogP contribution in [0.5, 0.6) is 5.75 Å². The first kappa shape index (κ1) is 12.3. The molecule has 0 radical (unpaired) electrons. The van der Waals surface area contributed by atoms with Crippen molar-refractivity contribution in [1.82, 2.24) is 0 Å². The molecular formula is C15H13FO2. The number of hydrogen-bond donors (Lipinski definition) is 0. The van der Waals surface area contributed by atoms with Crippen LogP contribution in [0.3, 0.4) is 0 Å². The third-order valence-electron chi connectivity index (χ3n) is 2.81. The second kappa shape index (κ2) is 5.00. The Bertz CT molecular complexity index is 574. The number of carbonyl (C=O) groups is 1. The fourth-order valence-corrected chi connectivity index (χ4v) is 1.79. The minimum atomic E-state index is -0.402. The van der Waals surface area contributed by atoms with Gasteiger partial charge in [0.05, 0.1) is 12.7 Å². The number of benzene rings is 2. The van der Waals surface area contributed by atoms with Gasteiger partial charge < -0.3 is 4.74 Å². The molecule has 2 aromatic rings. The Balaban J connectivity index is 2.57. The van der Waals surface area contributed by atoms with E-state index in [1.165, 1.54) is 19.2 Å². The summed E-state index contributed by atoms with van der Waals surface area (Å²) in [5.41, 5.74) is 2.58. The van der Waals surface area contributed by atoms with Gasteiger partial charge in [-0.3, -0.25) is 4.79 Å². The Morgan fingerprint density at radius 1 is 1.17 bits per heavy atom. The number of aryl methyl sites for hydroxylation is 1. The molecule has 0 saturated carbocycles. The predicted molar refractivity (Wildman–Crippen MR) is 68.5 cm³/mol. The van der Waals surface area contributed by atoms with Crippen LogP contribution in [0.1, 0.15) is 15.9 Å². The molecule has 0 amide bonds. The van der Waals surface area contributed by atoms with Crippen LogP contribution in [0.25, 0.3) is 11.1 Å². The van der Waals surface area contributed by atoms with Crippen LogP contribution in [0.2, 0.25) is 0 Å². The minimum Gasteiger partial charge on any atom is -0.496 e. The van der Waals surface area contributed by atoms with Crippen molar-refractivity contribution in [3.63, 3.8) is 0 Å². The monoisotopic (exact) mass is 244 g/mol. The summed E-state index contributed by atoms with van der Waals surface area (Å²) in [7, 11) is 1.41. The first-order chi connectivity index (χ1) is 8.65. The molecule has 3 heteroatoms. The van der Waals surface area contributed by atoms with Gasteiger partial charge in [-0.15, -0.1) is 0 Å². The standard InChI is InChI=1S/C15H13FO2/c1-10-3-5-11(6-4-10)13-7-12(9-17)15(18-2)8-14(13)16/h3-9H,1-2H3. The molecule has 2 aromatic carbocycles. The Morgan fingerprint density at radius 2 is 1.83 bits per heavy atom. The Labute approximate surface area is 105 Å². The molecule has 0 aliphatic rings. The van der Waals surface area contributed by atoms with Crippen molar-refractivity contribution in [2.45, 2.75) is 6.92 Å². The highest BCUT2D eigenvalue weighted by atomic mass is 19.1. The van der Waals surface area contributed by atoms with Gasteiger partial charge in [-0.1, -0.05) is 29.8 Å². The zero-order valence-corrected chi connectivity index (χ0v) is 10.2. The summed E-state index contributed by atoms with van der Waals surface area (Å²) < 4.78 is 18.9. The highest BCUT2D eigenvalue weighted by Crippen LogP contribution is 2.29. The van der Waals surface area contributed by atoms with Crippen molar-refractivity contribution in [3.05, 3.63) is 53.3 Å². The van der Waals surface area contributed by atoms with Crippen LogP contribution in [0.4, 0.5) is 4.39 Å². The van der Waals surface area contributed by atoms with Crippen LogP contribution < -0.4 is 4.74 Å². The average Bonchev–Trinajstić information content (AvgIpc) is 2.39. The van der Waals surface area contributed by atoms with Crippen molar-refractivity contribution >= 4 is 6.29 Å². The molecule has 0 unspecified atom stereocenters. The molecule has 0 N–H and O–H groups in total. The normalized spacial score (nSPS) is 10.2. The van der Waals surface area contributed by atoms with E-state index < -0.39 is 5.82 Å². The average molecular weight is 244 g/mol. The van der Waals surface area contributed by atoms with Gasteiger partial charge >= 0.3 is 0 Å². The lowest BCUT2D eigenvalue weighted by molar-refractivity contribution is 0.112. The van der Waals surface area contributed by atoms with E-state index in [0.717, 1.165) is 11.1 Å². The zero-order chi connectivity index (χ0) is 13.1. The van der Waals surface area contributed by atoms with Crippen LogP contribution in [0, 0.1) is 12.7 Å². The van der Waals surface area contributed by atoms with E-state index >= 15 is 0 Å². The Morgan fingerprint density at radius 3 is 2.39 bits per heavy atom. The van der Waals surface area contributed by atoms with Gasteiger partial charge in [-0.25, -0.2) is 4.39 Å². The molecule has 92 valence electrons. The summed E-state index contributed by atoms with van der Waals surface area (Å²) in [5, 5.41) is 0. The second-order valence-electron chi connectivity index (χ2n) is 4.06. The quantitative estimate of drug-likeness (QED) is 0.771. The number of rotatable bonds is 3. The van der Waals surface area contributed by atoms with Gasteiger partial charge in [0, 0.05) is 11.6 Å². The summed E-state index contributed by atoms with van der Waals surface area (Å²) >= 11 is 0. The molecule has 0 fully saturated rings. The smallest absolute Gasteiger partial charge is 0.153 e. The van der Waals surface area contributed by atoms with Gasteiger partial charge in [0.15, 0.2) is 6.29 Å². The van der Waals surface area contributed by atoms with Crippen molar-refractivity contribution in [2.24, 2.45) is 0 Å². The maximum absolute atomic E-state index is 13.9. The van der Waals surface area contributed by atoms with Crippen LogP contribution in [0.15, 0.2) is 36.4 Å². The van der Waals surface area contributed by atoms with E-state index in [-0.39, 0.29) is 5.75 Å². The number of carbonyl (C=O) groups excluding carboxylic acids is 1. The SMILES string of the molecule is COc1cc(F)c(-c2ccc(C)cc2)cc1C=O. The lowest BCUT2D eigenvalue weighted by atomic mass is 10.0. The molecular weight excluding hydrogens is 231 g/mol. The first-order valence-electron chi connectivity index (χ1n) is 5.55. The van der Waals surface area contributed by atoms with E-state index in [9.17, 15) is 9.18 Å². The molecule has 0 atom stereocenters. The molecule has 0 heterocycles. The van der Waals surface area contributed by atoms with E-state index in [4.69, 9.17) is 4.74 Å². The molecule has 2 nitrogen and oxygen atoms in total. The third kappa shape index (κ3) is 2.25. The Kier molecular flexibility index (Phi) is 3.42. The number of hydrogen-bond acceptors (Lipinski definition) is 2. The fourth-order valence-electron chi connectivity index (χ4n) is 1.79. The second-order valence-corrected chi connectivity index (χ2v) is 4.06. The minimum absolute atomic E-state index is 0.248. The van der Waals surface area contributed by atoms with Crippen LogP contribution in [-0.2, 0) is 0 Å². The van der Waals surface area contributed by atoms with Crippen molar-refractivity contribution in [1.29, 1.82) is 0 Å². The summed E-state index contributed by atoms with van der Waals surface area (Å²) in [6.45, 7) is 1.96. The maximum atomic E-state index is 13.9. The van der Waals surface area contributed by atoms with Crippen molar-refractivity contribution in [2.75, 3.05) is 7.11 Å². The molecule has 18 heavy (non-hydrogen) atoms. The number of ether oxygens (including phenoxy) is 1. The molecule has 0 aliphatic heterocycles. The Hall–Kier alpha value is -2.16. The summed E-state index contributed by atoms with van der Waals surface area (Å²) in [5.74, 6) is -0.153. The topological polar surface area (TPSA) is 26.3 Å². The molecule has 0 spiro atoms. The largest absolute Gasteiger partial charge is 0.496 e. The zero-order valence-electron chi connectivity index (χ0n) is 10.2. The molecule has 2 rings (SSSR count). The van der Waals surface area contributed by atoms with Gasteiger partial charge in [0.25, 0.3) is 0 Å². The molecule has 0 saturated heterocycles. The van der Waals surface area contributed by atoms with E-state index in [1.807, 2.05) is 31.2 Å². The van der Waals surface area contributed by atoms with Gasteiger partial charge in [0.1, 0.15) is 11.6 Å². The van der Waals surface area contributed by atoms with Gasteiger partial charge in [-0.05, 0) is 18.6 Å². The lowest BCUT2D eigenvalue weighted by Gasteiger charge is -2.09. The maximum Gasteiger partial charge on any atom is 0.153 e.